The molecule has 0 atom stereocenters. The summed E-state index contributed by atoms with van der Waals surface area (Å²) in [6.45, 7) is -2.68. The number of aromatic nitrogens is 3. The van der Waals surface area contributed by atoms with Gasteiger partial charge >= 0.3 is 6.61 Å². The van der Waals surface area contributed by atoms with Gasteiger partial charge in [0.05, 0.1) is 41.6 Å². The van der Waals surface area contributed by atoms with Crippen molar-refractivity contribution in [1.29, 1.82) is 0 Å². The monoisotopic (exact) mass is 417 g/mol. The molecule has 2 N–H and O–H groups in total. The van der Waals surface area contributed by atoms with Gasteiger partial charge in [0.15, 0.2) is 11.5 Å². The number of hydrogen-bond donors (Lipinski definition) is 2. The number of nitrogens with one attached hydrogen (secondary N) is 2. The molecule has 2 fully saturated rings. The van der Waals surface area contributed by atoms with Crippen molar-refractivity contribution in [1.82, 2.24) is 15.2 Å². The summed E-state index contributed by atoms with van der Waals surface area (Å²) in [5.41, 5.74) is 2.34. The van der Waals surface area contributed by atoms with Crippen LogP contribution in [0.2, 0.25) is 0 Å². The molecule has 2 heterocycles. The Labute approximate surface area is 170 Å². The molecule has 5 rings (SSSR count). The minimum Gasteiger partial charge on any atom is -0.487 e. The van der Waals surface area contributed by atoms with Crippen LogP contribution >= 0.6 is 0 Å². The first-order valence-corrected chi connectivity index (χ1v) is 10.0. The number of hydrogen-bond acceptors (Lipinski definition) is 5. The molecule has 0 radical (unpaired) electrons. The molecular formula is C21H21F2N3O4. The van der Waals surface area contributed by atoms with Crippen LogP contribution in [-0.4, -0.2) is 34.0 Å². The zero-order chi connectivity index (χ0) is 20.7. The number of aromatic amines is 2. The van der Waals surface area contributed by atoms with Crippen molar-refractivity contribution in [3.05, 3.63) is 40.3 Å². The Morgan fingerprint density at radius 3 is 2.67 bits per heavy atom. The second-order valence-electron chi connectivity index (χ2n) is 7.69. The van der Waals surface area contributed by atoms with Gasteiger partial charge in [0, 0.05) is 11.1 Å². The van der Waals surface area contributed by atoms with E-state index in [0.29, 0.717) is 27.7 Å². The van der Waals surface area contributed by atoms with E-state index in [9.17, 15) is 13.6 Å². The molecule has 2 aliphatic rings. The predicted octanol–water partition coefficient (Wildman–Crippen LogP) is 4.13. The topological polar surface area (TPSA) is 89.2 Å². The summed E-state index contributed by atoms with van der Waals surface area (Å²) in [4.78, 5) is 15.7. The Balaban J connectivity index is 1.57. The lowest BCUT2D eigenvalue weighted by molar-refractivity contribution is -0.0516. The van der Waals surface area contributed by atoms with Gasteiger partial charge in [-0.1, -0.05) is 0 Å². The van der Waals surface area contributed by atoms with E-state index in [-0.39, 0.29) is 35.9 Å². The number of benzene rings is 1. The van der Waals surface area contributed by atoms with Gasteiger partial charge in [-0.3, -0.25) is 4.79 Å². The minimum atomic E-state index is -2.94. The van der Waals surface area contributed by atoms with Crippen molar-refractivity contribution in [2.45, 2.75) is 57.5 Å². The molecule has 30 heavy (non-hydrogen) atoms. The lowest BCUT2D eigenvalue weighted by Gasteiger charge is -2.25. The second kappa shape index (κ2) is 7.71. The Bertz CT molecular complexity index is 1120. The maximum atomic E-state index is 12.8. The molecule has 2 aromatic heterocycles. The number of nitrogens with zero attached hydrogens (tertiary/aromatic N) is 1. The molecule has 3 aromatic rings. The van der Waals surface area contributed by atoms with Crippen LogP contribution in [0.5, 0.6) is 11.5 Å². The average Bonchev–Trinajstić information content (AvgIpc) is 3.41. The fraction of sp³-hybridized carbons (Fsp3) is 0.429. The molecule has 158 valence electrons. The number of halogens is 2. The van der Waals surface area contributed by atoms with Crippen LogP contribution in [0.15, 0.2) is 29.2 Å². The Kier molecular flexibility index (Phi) is 4.90. The summed E-state index contributed by atoms with van der Waals surface area (Å²) < 4.78 is 42.0. The number of rotatable bonds is 8. The lowest BCUT2D eigenvalue weighted by Crippen LogP contribution is -2.21. The maximum absolute atomic E-state index is 12.8. The van der Waals surface area contributed by atoms with Crippen molar-refractivity contribution in [3.8, 4) is 22.8 Å². The number of fused-ring (bicyclic) bond motifs is 1. The standard InChI is InChI=1S/C21H21F2N3O4/c22-21(23)30-16-7-4-11(8-17(16)29-13-5-6-13)19-14(10-28-12-2-1-3-12)18-15(25-19)9-24-26-20(18)27/h4,7-9,12-13,21,25H,1-3,5-6,10H2,(H,26,27). The minimum absolute atomic E-state index is 0.0106. The zero-order valence-corrected chi connectivity index (χ0v) is 16.1. The first kappa shape index (κ1) is 19.0. The largest absolute Gasteiger partial charge is 0.487 e. The number of alkyl halides is 2. The third-order valence-corrected chi connectivity index (χ3v) is 5.50. The quantitative estimate of drug-likeness (QED) is 0.575. The van der Waals surface area contributed by atoms with Crippen LogP contribution in [0.1, 0.15) is 37.7 Å². The molecule has 2 aliphatic carbocycles. The van der Waals surface area contributed by atoms with Crippen LogP contribution in [-0.2, 0) is 11.3 Å². The molecule has 0 unspecified atom stereocenters. The fourth-order valence-corrected chi connectivity index (χ4v) is 3.57. The average molecular weight is 417 g/mol. The van der Waals surface area contributed by atoms with Gasteiger partial charge in [-0.2, -0.15) is 13.9 Å². The van der Waals surface area contributed by atoms with Crippen molar-refractivity contribution in [2.24, 2.45) is 0 Å². The molecule has 0 spiro atoms. The van der Waals surface area contributed by atoms with Gasteiger partial charge in [0.2, 0.25) is 0 Å². The molecule has 0 amide bonds. The molecule has 0 saturated heterocycles. The zero-order valence-electron chi connectivity index (χ0n) is 16.1. The van der Waals surface area contributed by atoms with Gasteiger partial charge in [0.25, 0.3) is 5.56 Å². The molecular weight excluding hydrogens is 396 g/mol. The first-order valence-electron chi connectivity index (χ1n) is 10.0. The van der Waals surface area contributed by atoms with E-state index in [2.05, 4.69) is 19.9 Å². The summed E-state index contributed by atoms with van der Waals surface area (Å²) in [5, 5.41) is 6.80. The summed E-state index contributed by atoms with van der Waals surface area (Å²) in [6, 6.07) is 4.79. The highest BCUT2D eigenvalue weighted by Crippen LogP contribution is 2.39. The highest BCUT2D eigenvalue weighted by Gasteiger charge is 2.27. The van der Waals surface area contributed by atoms with Crippen molar-refractivity contribution < 1.29 is 23.0 Å². The molecule has 0 bridgehead atoms. The fourth-order valence-electron chi connectivity index (χ4n) is 3.57. The van der Waals surface area contributed by atoms with Gasteiger partial charge < -0.3 is 19.2 Å². The second-order valence-corrected chi connectivity index (χ2v) is 7.69. The van der Waals surface area contributed by atoms with Gasteiger partial charge in [-0.05, 0) is 50.3 Å². The predicted molar refractivity (Wildman–Crippen MR) is 105 cm³/mol. The summed E-state index contributed by atoms with van der Waals surface area (Å²) in [7, 11) is 0. The molecule has 2 saturated carbocycles. The van der Waals surface area contributed by atoms with E-state index < -0.39 is 6.61 Å². The number of H-pyrrole nitrogens is 2. The summed E-state index contributed by atoms with van der Waals surface area (Å²) in [5.74, 6) is 0.246. The molecule has 7 nitrogen and oxygen atoms in total. The van der Waals surface area contributed by atoms with E-state index in [1.807, 2.05) is 0 Å². The third kappa shape index (κ3) is 3.77. The maximum Gasteiger partial charge on any atom is 0.387 e. The van der Waals surface area contributed by atoms with E-state index in [0.717, 1.165) is 32.1 Å². The molecule has 1 aromatic carbocycles. The van der Waals surface area contributed by atoms with E-state index in [4.69, 9.17) is 9.47 Å². The molecule has 9 heteroatoms. The molecule has 0 aliphatic heterocycles. The van der Waals surface area contributed by atoms with E-state index >= 15 is 0 Å². The lowest BCUT2D eigenvalue weighted by atomic mass is 9.96. The van der Waals surface area contributed by atoms with Crippen molar-refractivity contribution >= 4 is 10.9 Å². The Hall–Kier alpha value is -2.94. The van der Waals surface area contributed by atoms with Crippen molar-refractivity contribution in [2.75, 3.05) is 0 Å². The van der Waals surface area contributed by atoms with Crippen LogP contribution in [0.3, 0.4) is 0 Å². The van der Waals surface area contributed by atoms with Crippen molar-refractivity contribution in [3.63, 3.8) is 0 Å². The third-order valence-electron chi connectivity index (χ3n) is 5.50. The van der Waals surface area contributed by atoms with Gasteiger partial charge in [-0.15, -0.1) is 0 Å². The van der Waals surface area contributed by atoms with Crippen LogP contribution in [0.25, 0.3) is 22.2 Å². The van der Waals surface area contributed by atoms with Crippen LogP contribution in [0.4, 0.5) is 8.78 Å². The summed E-state index contributed by atoms with van der Waals surface area (Å²) in [6.07, 6.45) is 6.67. The Morgan fingerprint density at radius 1 is 1.13 bits per heavy atom. The Morgan fingerprint density at radius 2 is 1.97 bits per heavy atom. The van der Waals surface area contributed by atoms with Crippen LogP contribution < -0.4 is 15.0 Å². The SMILES string of the molecule is O=c1[nH]ncc2[nH]c(-c3ccc(OC(F)F)c(OC4CC4)c3)c(COC3CCC3)c12. The normalized spacial score (nSPS) is 16.8. The number of ether oxygens (including phenoxy) is 3. The highest BCUT2D eigenvalue weighted by molar-refractivity contribution is 5.89. The van der Waals surface area contributed by atoms with Gasteiger partial charge in [-0.25, -0.2) is 5.10 Å². The smallest absolute Gasteiger partial charge is 0.387 e. The summed E-state index contributed by atoms with van der Waals surface area (Å²) >= 11 is 0. The van der Waals surface area contributed by atoms with Gasteiger partial charge in [0.1, 0.15) is 0 Å². The highest BCUT2D eigenvalue weighted by atomic mass is 19.3. The van der Waals surface area contributed by atoms with Crippen LogP contribution in [0, 0.1) is 0 Å². The first-order chi connectivity index (χ1) is 14.6. The van der Waals surface area contributed by atoms with E-state index in [1.165, 1.54) is 6.07 Å². The van der Waals surface area contributed by atoms with E-state index in [1.54, 1.807) is 18.3 Å².